The maximum absolute atomic E-state index is 12.0. The summed E-state index contributed by atoms with van der Waals surface area (Å²) < 4.78 is 24.0. The molecule has 0 spiro atoms. The van der Waals surface area contributed by atoms with Crippen LogP contribution in [0.2, 0.25) is 0 Å². The number of benzene rings is 1. The minimum Gasteiger partial charge on any atom is -0.299 e. The number of ketones is 1. The van der Waals surface area contributed by atoms with E-state index in [1.165, 1.54) is 31.4 Å². The number of carbonyl (C=O) groups is 1. The quantitative estimate of drug-likeness (QED) is 0.617. The summed E-state index contributed by atoms with van der Waals surface area (Å²) in [5.74, 6) is -0.546. The van der Waals surface area contributed by atoms with Crippen LogP contribution < -0.4 is 0 Å². The van der Waals surface area contributed by atoms with E-state index >= 15 is 0 Å². The Morgan fingerprint density at radius 3 is 2.20 bits per heavy atom. The van der Waals surface area contributed by atoms with Crippen molar-refractivity contribution in [2.75, 3.05) is 5.75 Å². The van der Waals surface area contributed by atoms with Crippen molar-refractivity contribution in [2.24, 2.45) is 0 Å². The van der Waals surface area contributed by atoms with Gasteiger partial charge in [0, 0.05) is 6.42 Å². The van der Waals surface area contributed by atoms with Crippen LogP contribution in [-0.4, -0.2) is 20.0 Å². The third-order valence-electron chi connectivity index (χ3n) is 3.26. The highest BCUT2D eigenvalue weighted by molar-refractivity contribution is 7.92. The first-order chi connectivity index (χ1) is 9.56. The molecule has 0 bridgehead atoms. The van der Waals surface area contributed by atoms with Crippen LogP contribution in [0.1, 0.15) is 51.9 Å². The molecule has 0 radical (unpaired) electrons. The zero-order valence-electron chi connectivity index (χ0n) is 12.2. The van der Waals surface area contributed by atoms with Crippen molar-refractivity contribution in [3.63, 3.8) is 0 Å². The summed E-state index contributed by atoms with van der Waals surface area (Å²) in [4.78, 5) is 12.0. The predicted octanol–water partition coefficient (Wildman–Crippen LogP) is 3.78. The molecule has 20 heavy (non-hydrogen) atoms. The molecule has 0 atom stereocenters. The molecule has 3 nitrogen and oxygen atoms in total. The summed E-state index contributed by atoms with van der Waals surface area (Å²) in [6.45, 7) is 2.16. The lowest BCUT2D eigenvalue weighted by molar-refractivity contribution is -0.116. The van der Waals surface area contributed by atoms with Gasteiger partial charge in [-0.25, -0.2) is 8.42 Å². The Labute approximate surface area is 122 Å². The number of rotatable bonds is 10. The minimum absolute atomic E-state index is 0.177. The van der Waals surface area contributed by atoms with E-state index in [-0.39, 0.29) is 16.4 Å². The summed E-state index contributed by atoms with van der Waals surface area (Å²) in [7, 11) is -3.46. The molecule has 4 heteroatoms. The normalized spacial score (nSPS) is 11.4. The second kappa shape index (κ2) is 8.90. The van der Waals surface area contributed by atoms with E-state index in [2.05, 4.69) is 6.92 Å². The maximum Gasteiger partial charge on any atom is 0.185 e. The number of Topliss-reactive ketones (excluding diaryl/α,β-unsaturated/α-hetero) is 1. The van der Waals surface area contributed by atoms with Gasteiger partial charge in [0.25, 0.3) is 0 Å². The predicted molar refractivity (Wildman–Crippen MR) is 81.5 cm³/mol. The molecule has 0 fully saturated rings. The van der Waals surface area contributed by atoms with E-state index in [9.17, 15) is 13.2 Å². The Hall–Kier alpha value is -1.16. The third-order valence-corrected chi connectivity index (χ3v) is 4.95. The van der Waals surface area contributed by atoms with Gasteiger partial charge in [-0.2, -0.15) is 0 Å². The van der Waals surface area contributed by atoms with E-state index < -0.39 is 9.84 Å². The van der Waals surface area contributed by atoms with Crippen molar-refractivity contribution in [1.29, 1.82) is 0 Å². The molecule has 0 amide bonds. The smallest absolute Gasteiger partial charge is 0.185 e. The van der Waals surface area contributed by atoms with E-state index in [0.717, 1.165) is 19.3 Å². The van der Waals surface area contributed by atoms with Gasteiger partial charge in [-0.15, -0.1) is 0 Å². The van der Waals surface area contributed by atoms with Crippen molar-refractivity contribution >= 4 is 15.6 Å². The van der Waals surface area contributed by atoms with Crippen molar-refractivity contribution < 1.29 is 13.2 Å². The lowest BCUT2D eigenvalue weighted by Crippen LogP contribution is -2.16. The van der Waals surface area contributed by atoms with E-state index in [1.807, 2.05) is 0 Å². The van der Waals surface area contributed by atoms with Crippen LogP contribution in [0.3, 0.4) is 0 Å². The third kappa shape index (κ3) is 6.33. The molecule has 0 saturated carbocycles. The van der Waals surface area contributed by atoms with Crippen molar-refractivity contribution in [1.82, 2.24) is 0 Å². The molecule has 0 aliphatic rings. The molecule has 1 rings (SSSR count). The van der Waals surface area contributed by atoms with Crippen molar-refractivity contribution in [3.05, 3.63) is 30.3 Å². The summed E-state index contributed by atoms with van der Waals surface area (Å²) in [6, 6.07) is 8.17. The number of hydrogen-bond donors (Lipinski definition) is 0. The molecule has 1 aromatic rings. The molecule has 0 unspecified atom stereocenters. The highest BCUT2D eigenvalue weighted by Crippen LogP contribution is 2.12. The van der Waals surface area contributed by atoms with Crippen LogP contribution in [0.4, 0.5) is 0 Å². The largest absolute Gasteiger partial charge is 0.299 e. The molecule has 1 aromatic carbocycles. The second-order valence-corrected chi connectivity index (χ2v) is 7.12. The Morgan fingerprint density at radius 2 is 1.55 bits per heavy atom. The number of sulfone groups is 1. The monoisotopic (exact) mass is 296 g/mol. The van der Waals surface area contributed by atoms with Gasteiger partial charge < -0.3 is 0 Å². The molecular formula is C16H24O3S. The van der Waals surface area contributed by atoms with Crippen LogP contribution >= 0.6 is 0 Å². The first-order valence-electron chi connectivity index (χ1n) is 7.36. The standard InChI is InChI=1S/C16H24O3S/c1-2-3-4-5-6-8-11-15(17)14-20(18,19)16-12-9-7-10-13-16/h7,9-10,12-13H,2-6,8,11,14H2,1H3. The summed E-state index contributed by atoms with van der Waals surface area (Å²) >= 11 is 0. The summed E-state index contributed by atoms with van der Waals surface area (Å²) in [5.41, 5.74) is 0. The Bertz CT molecular complexity index is 492. The highest BCUT2D eigenvalue weighted by atomic mass is 32.2. The molecule has 112 valence electrons. The lowest BCUT2D eigenvalue weighted by Gasteiger charge is -2.04. The first kappa shape index (κ1) is 16.9. The van der Waals surface area contributed by atoms with E-state index in [1.54, 1.807) is 18.2 Å². The fourth-order valence-corrected chi connectivity index (χ4v) is 3.40. The zero-order valence-corrected chi connectivity index (χ0v) is 13.0. The molecule has 0 aliphatic carbocycles. The van der Waals surface area contributed by atoms with Crippen LogP contribution in [0.15, 0.2) is 35.2 Å². The number of unbranched alkanes of at least 4 members (excludes halogenated alkanes) is 5. The fraction of sp³-hybridized carbons (Fsp3) is 0.562. The lowest BCUT2D eigenvalue weighted by atomic mass is 10.1. The van der Waals surface area contributed by atoms with Gasteiger partial charge in [0.05, 0.1) is 4.90 Å². The maximum atomic E-state index is 12.0. The Morgan fingerprint density at radius 1 is 0.950 bits per heavy atom. The second-order valence-electron chi connectivity index (χ2n) is 5.13. The SMILES string of the molecule is CCCCCCCCC(=O)CS(=O)(=O)c1ccccc1. The topological polar surface area (TPSA) is 51.2 Å². The molecule has 0 N–H and O–H groups in total. The van der Waals surface area contributed by atoms with Gasteiger partial charge >= 0.3 is 0 Å². The van der Waals surface area contributed by atoms with E-state index in [4.69, 9.17) is 0 Å². The average Bonchev–Trinajstić information content (AvgIpc) is 2.43. The van der Waals surface area contributed by atoms with Crippen molar-refractivity contribution in [2.45, 2.75) is 56.8 Å². The van der Waals surface area contributed by atoms with Gasteiger partial charge in [-0.1, -0.05) is 57.2 Å². The molecule has 0 aliphatic heterocycles. The van der Waals surface area contributed by atoms with Crippen LogP contribution in [0.25, 0.3) is 0 Å². The summed E-state index contributed by atoms with van der Waals surface area (Å²) in [5, 5.41) is 0. The first-order valence-corrected chi connectivity index (χ1v) is 9.01. The van der Waals surface area contributed by atoms with Gasteiger partial charge in [0.2, 0.25) is 0 Å². The molecule has 0 saturated heterocycles. The number of carbonyl (C=O) groups excluding carboxylic acids is 1. The van der Waals surface area contributed by atoms with Crippen LogP contribution in [0.5, 0.6) is 0 Å². The van der Waals surface area contributed by atoms with Gasteiger partial charge in [-0.3, -0.25) is 4.79 Å². The van der Waals surface area contributed by atoms with Gasteiger partial charge in [-0.05, 0) is 18.6 Å². The van der Waals surface area contributed by atoms with Crippen LogP contribution in [0, 0.1) is 0 Å². The van der Waals surface area contributed by atoms with Crippen molar-refractivity contribution in [3.8, 4) is 0 Å². The van der Waals surface area contributed by atoms with Gasteiger partial charge in [0.15, 0.2) is 9.84 Å². The fourth-order valence-electron chi connectivity index (χ4n) is 2.10. The minimum atomic E-state index is -3.46. The summed E-state index contributed by atoms with van der Waals surface area (Å²) in [6.07, 6.45) is 6.95. The molecule has 0 heterocycles. The Kier molecular flexibility index (Phi) is 7.52. The van der Waals surface area contributed by atoms with Crippen LogP contribution in [-0.2, 0) is 14.6 Å². The van der Waals surface area contributed by atoms with Gasteiger partial charge in [0.1, 0.15) is 11.5 Å². The van der Waals surface area contributed by atoms with E-state index in [0.29, 0.717) is 6.42 Å². The molecule has 0 aromatic heterocycles. The number of hydrogen-bond acceptors (Lipinski definition) is 3. The highest BCUT2D eigenvalue weighted by Gasteiger charge is 2.18. The Balaban J connectivity index is 2.32. The average molecular weight is 296 g/mol. The molecular weight excluding hydrogens is 272 g/mol. The zero-order chi connectivity index (χ0) is 14.8.